The summed E-state index contributed by atoms with van der Waals surface area (Å²) in [6.45, 7) is 7.59. The van der Waals surface area contributed by atoms with Gasteiger partial charge in [0.15, 0.2) is 0 Å². The number of hydrogen-bond acceptors (Lipinski definition) is 5. The summed E-state index contributed by atoms with van der Waals surface area (Å²) in [6, 6.07) is 9.91. The van der Waals surface area contributed by atoms with Gasteiger partial charge in [0.1, 0.15) is 12.4 Å². The monoisotopic (exact) mass is 397 g/mol. The second-order valence-electron chi connectivity index (χ2n) is 6.91. The zero-order chi connectivity index (χ0) is 19.5. The van der Waals surface area contributed by atoms with Crippen LogP contribution in [0.1, 0.15) is 15.2 Å². The summed E-state index contributed by atoms with van der Waals surface area (Å²) in [5, 5.41) is 2.79. The molecule has 1 saturated heterocycles. The third-order valence-corrected chi connectivity index (χ3v) is 6.20. The fourth-order valence-electron chi connectivity index (χ4n) is 3.51. The normalized spacial score (nSPS) is 15.9. The number of amides is 2. The Hall–Kier alpha value is -2.64. The van der Waals surface area contributed by atoms with Gasteiger partial charge in [-0.3, -0.25) is 14.5 Å². The SMILES string of the molecule is C=CCNC(=O)CN1CCN(C(=O)c2cc3c(s2)-c2ccccc2OC3)CC1. The molecule has 6 nitrogen and oxygen atoms in total. The van der Waals surface area contributed by atoms with Crippen molar-refractivity contribution in [1.82, 2.24) is 15.1 Å². The molecule has 0 aliphatic carbocycles. The number of ether oxygens (including phenoxy) is 1. The predicted octanol–water partition coefficient (Wildman–Crippen LogP) is 2.37. The summed E-state index contributed by atoms with van der Waals surface area (Å²) < 4.78 is 5.80. The zero-order valence-electron chi connectivity index (χ0n) is 15.6. The van der Waals surface area contributed by atoms with Crippen LogP contribution in [0.5, 0.6) is 5.75 Å². The minimum Gasteiger partial charge on any atom is -0.488 e. The Morgan fingerprint density at radius 2 is 2.00 bits per heavy atom. The largest absolute Gasteiger partial charge is 0.488 e. The Morgan fingerprint density at radius 1 is 1.21 bits per heavy atom. The van der Waals surface area contributed by atoms with Crippen molar-refractivity contribution in [2.24, 2.45) is 0 Å². The van der Waals surface area contributed by atoms with Crippen LogP contribution in [-0.2, 0) is 11.4 Å². The highest BCUT2D eigenvalue weighted by molar-refractivity contribution is 7.17. The Morgan fingerprint density at radius 3 is 2.79 bits per heavy atom. The number of fused-ring (bicyclic) bond motifs is 3. The molecule has 2 aliphatic heterocycles. The average Bonchev–Trinajstić information content (AvgIpc) is 3.17. The predicted molar refractivity (Wildman–Crippen MR) is 110 cm³/mol. The molecule has 1 aromatic carbocycles. The third-order valence-electron chi connectivity index (χ3n) is 5.00. The van der Waals surface area contributed by atoms with Gasteiger partial charge in [0.05, 0.1) is 11.4 Å². The number of para-hydroxylation sites is 1. The number of nitrogens with one attached hydrogen (secondary N) is 1. The molecular weight excluding hydrogens is 374 g/mol. The molecular formula is C21H23N3O3S. The lowest BCUT2D eigenvalue weighted by Crippen LogP contribution is -2.51. The van der Waals surface area contributed by atoms with Crippen molar-refractivity contribution in [1.29, 1.82) is 0 Å². The van der Waals surface area contributed by atoms with Gasteiger partial charge in [-0.25, -0.2) is 0 Å². The van der Waals surface area contributed by atoms with Crippen molar-refractivity contribution in [2.45, 2.75) is 6.61 Å². The first-order chi connectivity index (χ1) is 13.7. The molecule has 2 aliphatic rings. The second-order valence-corrected chi connectivity index (χ2v) is 7.96. The molecule has 28 heavy (non-hydrogen) atoms. The molecule has 146 valence electrons. The van der Waals surface area contributed by atoms with E-state index in [2.05, 4.69) is 16.8 Å². The lowest BCUT2D eigenvalue weighted by Gasteiger charge is -2.34. The minimum atomic E-state index is -0.00993. The summed E-state index contributed by atoms with van der Waals surface area (Å²) in [5.74, 6) is 0.927. The maximum atomic E-state index is 13.0. The highest BCUT2D eigenvalue weighted by Crippen LogP contribution is 2.42. The molecule has 0 atom stereocenters. The quantitative estimate of drug-likeness (QED) is 0.787. The molecule has 4 rings (SSSR count). The van der Waals surface area contributed by atoms with Gasteiger partial charge in [-0.2, -0.15) is 0 Å². The Kier molecular flexibility index (Phi) is 5.45. The van der Waals surface area contributed by atoms with E-state index in [1.165, 1.54) is 0 Å². The van der Waals surface area contributed by atoms with Gasteiger partial charge < -0.3 is 15.0 Å². The standard InChI is InChI=1S/C21H23N3O3S/c1-2-7-22-19(25)13-23-8-10-24(11-9-23)21(26)18-12-15-14-27-17-6-4-3-5-16(17)20(15)28-18/h2-6,12H,1,7-11,13-14H2,(H,22,25). The van der Waals surface area contributed by atoms with Crippen LogP contribution in [-0.4, -0.2) is 60.9 Å². The summed E-state index contributed by atoms with van der Waals surface area (Å²) in [5.41, 5.74) is 2.13. The van der Waals surface area contributed by atoms with E-state index in [9.17, 15) is 9.59 Å². The summed E-state index contributed by atoms with van der Waals surface area (Å²) in [7, 11) is 0. The van der Waals surface area contributed by atoms with Crippen LogP contribution in [0, 0.1) is 0 Å². The number of nitrogens with zero attached hydrogens (tertiary/aromatic N) is 2. The minimum absolute atomic E-state index is 0.00993. The van der Waals surface area contributed by atoms with E-state index in [1.807, 2.05) is 35.2 Å². The Bertz CT molecular complexity index is 900. The van der Waals surface area contributed by atoms with Gasteiger partial charge in [-0.1, -0.05) is 18.2 Å². The number of rotatable bonds is 5. The summed E-state index contributed by atoms with van der Waals surface area (Å²) in [4.78, 5) is 30.6. The molecule has 1 aromatic heterocycles. The van der Waals surface area contributed by atoms with Crippen LogP contribution in [0.3, 0.4) is 0 Å². The van der Waals surface area contributed by atoms with Gasteiger partial charge in [0.25, 0.3) is 5.91 Å². The Labute approximate surface area is 168 Å². The van der Waals surface area contributed by atoms with E-state index in [4.69, 9.17) is 4.74 Å². The third kappa shape index (κ3) is 3.81. The lowest BCUT2D eigenvalue weighted by atomic mass is 10.1. The molecule has 2 aromatic rings. The Balaban J connectivity index is 1.39. The van der Waals surface area contributed by atoms with Crippen LogP contribution >= 0.6 is 11.3 Å². The molecule has 0 radical (unpaired) electrons. The highest BCUT2D eigenvalue weighted by Gasteiger charge is 2.27. The van der Waals surface area contributed by atoms with E-state index in [0.717, 1.165) is 26.6 Å². The number of benzene rings is 1. The second kappa shape index (κ2) is 8.16. The van der Waals surface area contributed by atoms with Crippen LogP contribution in [0.4, 0.5) is 0 Å². The van der Waals surface area contributed by atoms with E-state index in [-0.39, 0.29) is 11.8 Å². The lowest BCUT2D eigenvalue weighted by molar-refractivity contribution is -0.122. The first-order valence-electron chi connectivity index (χ1n) is 9.40. The van der Waals surface area contributed by atoms with Crippen LogP contribution in [0.25, 0.3) is 10.4 Å². The van der Waals surface area contributed by atoms with Gasteiger partial charge in [0, 0.05) is 48.7 Å². The number of piperazine rings is 1. The maximum Gasteiger partial charge on any atom is 0.264 e. The van der Waals surface area contributed by atoms with Gasteiger partial charge in [-0.15, -0.1) is 17.9 Å². The molecule has 0 unspecified atom stereocenters. The first kappa shape index (κ1) is 18.7. The smallest absolute Gasteiger partial charge is 0.264 e. The van der Waals surface area contributed by atoms with Crippen molar-refractivity contribution in [3.63, 3.8) is 0 Å². The zero-order valence-corrected chi connectivity index (χ0v) is 16.5. The van der Waals surface area contributed by atoms with E-state index in [1.54, 1.807) is 17.4 Å². The fraction of sp³-hybridized carbons (Fsp3) is 0.333. The molecule has 0 spiro atoms. The van der Waals surface area contributed by atoms with Crippen molar-refractivity contribution >= 4 is 23.2 Å². The topological polar surface area (TPSA) is 61.9 Å². The maximum absolute atomic E-state index is 13.0. The number of carbonyl (C=O) groups excluding carboxylic acids is 2. The van der Waals surface area contributed by atoms with E-state index >= 15 is 0 Å². The molecule has 0 bridgehead atoms. The van der Waals surface area contributed by atoms with Crippen molar-refractivity contribution in [2.75, 3.05) is 39.3 Å². The van der Waals surface area contributed by atoms with Crippen molar-refractivity contribution in [3.8, 4) is 16.2 Å². The number of carbonyl (C=O) groups is 2. The molecule has 2 amide bonds. The number of hydrogen-bond donors (Lipinski definition) is 1. The molecule has 3 heterocycles. The van der Waals surface area contributed by atoms with E-state index in [0.29, 0.717) is 45.9 Å². The average molecular weight is 398 g/mol. The van der Waals surface area contributed by atoms with E-state index < -0.39 is 0 Å². The molecule has 7 heteroatoms. The fourth-order valence-corrected chi connectivity index (χ4v) is 4.68. The van der Waals surface area contributed by atoms with Gasteiger partial charge in [-0.05, 0) is 18.2 Å². The number of thiophene rings is 1. The molecule has 1 fully saturated rings. The van der Waals surface area contributed by atoms with Crippen molar-refractivity contribution < 1.29 is 14.3 Å². The van der Waals surface area contributed by atoms with Gasteiger partial charge in [0.2, 0.25) is 5.91 Å². The highest BCUT2D eigenvalue weighted by atomic mass is 32.1. The molecule has 0 saturated carbocycles. The van der Waals surface area contributed by atoms with Gasteiger partial charge >= 0.3 is 0 Å². The van der Waals surface area contributed by atoms with Crippen LogP contribution in [0.15, 0.2) is 43.0 Å². The van der Waals surface area contributed by atoms with Crippen LogP contribution < -0.4 is 10.1 Å². The van der Waals surface area contributed by atoms with Crippen LogP contribution in [0.2, 0.25) is 0 Å². The molecule has 1 N–H and O–H groups in total. The summed E-state index contributed by atoms with van der Waals surface area (Å²) >= 11 is 1.54. The first-order valence-corrected chi connectivity index (χ1v) is 10.2. The van der Waals surface area contributed by atoms with Crippen molar-refractivity contribution in [3.05, 3.63) is 53.4 Å². The summed E-state index contributed by atoms with van der Waals surface area (Å²) in [6.07, 6.45) is 1.67.